The first kappa shape index (κ1) is 25.7. The quantitative estimate of drug-likeness (QED) is 0.307. The Balaban J connectivity index is 1.36. The number of ether oxygens (including phenoxy) is 2. The molecule has 196 valence electrons. The summed E-state index contributed by atoms with van der Waals surface area (Å²) in [7, 11) is 0. The number of ketones is 1. The molecule has 1 N–H and O–H groups in total. The van der Waals surface area contributed by atoms with Crippen LogP contribution in [0.3, 0.4) is 0 Å². The van der Waals surface area contributed by atoms with Gasteiger partial charge in [0.15, 0.2) is 5.60 Å². The summed E-state index contributed by atoms with van der Waals surface area (Å²) in [6.07, 6.45) is 0.0245. The molecule has 9 nitrogen and oxygen atoms in total. The molecule has 5 rings (SSSR count). The van der Waals surface area contributed by atoms with Gasteiger partial charge in [-0.2, -0.15) is 0 Å². The molecule has 1 amide bonds. The first-order valence-corrected chi connectivity index (χ1v) is 13.1. The average Bonchev–Trinajstić information content (AvgIpc) is 2.91. The van der Waals surface area contributed by atoms with E-state index in [9.17, 15) is 24.3 Å². The highest BCUT2D eigenvalue weighted by Gasteiger charge is 2.66. The molecule has 0 aliphatic carbocycles. The number of carboxylic acids is 1. The van der Waals surface area contributed by atoms with Crippen molar-refractivity contribution in [2.24, 2.45) is 0 Å². The summed E-state index contributed by atoms with van der Waals surface area (Å²) < 4.78 is 16.9. The second-order valence-electron chi connectivity index (χ2n) is 9.04. The zero-order chi connectivity index (χ0) is 26.9. The highest BCUT2D eigenvalue weighted by molar-refractivity contribution is 8.00. The molecule has 2 aromatic carbocycles. The monoisotopic (exact) mass is 535 g/mol. The number of rotatable bonds is 10. The van der Waals surface area contributed by atoms with E-state index in [1.807, 2.05) is 30.3 Å². The van der Waals surface area contributed by atoms with Gasteiger partial charge in [-0.15, -0.1) is 11.8 Å². The van der Waals surface area contributed by atoms with Gasteiger partial charge < -0.3 is 19.0 Å². The number of Topliss-reactive ketones (excluding diaryl/α,β-unsaturated/α-hetero) is 1. The minimum absolute atomic E-state index is 0.0811. The number of nitrogens with zero attached hydrogens (tertiary/aromatic N) is 1. The van der Waals surface area contributed by atoms with E-state index >= 15 is 0 Å². The van der Waals surface area contributed by atoms with Crippen LogP contribution in [0.1, 0.15) is 18.9 Å². The van der Waals surface area contributed by atoms with Crippen LogP contribution in [0.5, 0.6) is 5.75 Å². The van der Waals surface area contributed by atoms with Crippen LogP contribution >= 0.6 is 11.8 Å². The lowest BCUT2D eigenvalue weighted by Crippen LogP contribution is -2.75. The molecule has 0 saturated carbocycles. The molecule has 38 heavy (non-hydrogen) atoms. The third kappa shape index (κ3) is 4.72. The molecular formula is C28H25NO8S. The van der Waals surface area contributed by atoms with Gasteiger partial charge in [0, 0.05) is 48.3 Å². The zero-order valence-corrected chi connectivity index (χ0v) is 21.4. The Hall–Kier alpha value is -3.89. The van der Waals surface area contributed by atoms with E-state index in [4.69, 9.17) is 13.9 Å². The van der Waals surface area contributed by atoms with Crippen molar-refractivity contribution in [3.8, 4) is 5.75 Å². The molecule has 1 fully saturated rings. The van der Waals surface area contributed by atoms with Crippen LogP contribution in [-0.4, -0.2) is 57.6 Å². The van der Waals surface area contributed by atoms with Crippen LogP contribution in [0.15, 0.2) is 81.1 Å². The van der Waals surface area contributed by atoms with Crippen molar-refractivity contribution in [1.29, 1.82) is 0 Å². The van der Waals surface area contributed by atoms with E-state index in [-0.39, 0.29) is 43.3 Å². The maximum atomic E-state index is 13.5. The maximum absolute atomic E-state index is 13.5. The first-order chi connectivity index (χ1) is 18.3. The van der Waals surface area contributed by atoms with Crippen LogP contribution in [-0.2, 0) is 25.5 Å². The van der Waals surface area contributed by atoms with E-state index in [0.29, 0.717) is 16.9 Å². The van der Waals surface area contributed by atoms with Crippen LogP contribution in [0.25, 0.3) is 11.0 Å². The van der Waals surface area contributed by atoms with Gasteiger partial charge in [0.1, 0.15) is 34.8 Å². The molecule has 1 saturated heterocycles. The predicted molar refractivity (Wildman–Crippen MR) is 140 cm³/mol. The van der Waals surface area contributed by atoms with E-state index in [1.54, 1.807) is 31.2 Å². The Kier molecular flexibility index (Phi) is 7.09. The van der Waals surface area contributed by atoms with E-state index < -0.39 is 28.5 Å². The standard InChI is InChI=1S/C28H25NO8S/c1-2-36-28(14-20(30)12-17-6-4-3-5-7-17)26(34)29-24(25(32)33)19(16-38-27(28)29)15-35-21-10-8-18-9-11-23(31)37-22(18)13-21/h3-11,13,27H,2,12,14-16H2,1H3,(H,32,33)/t27-,28+/m1/s1. The van der Waals surface area contributed by atoms with Gasteiger partial charge in [0.2, 0.25) is 0 Å². The summed E-state index contributed by atoms with van der Waals surface area (Å²) in [6, 6.07) is 17.2. The number of hydrogen-bond donors (Lipinski definition) is 1. The van der Waals surface area contributed by atoms with Gasteiger partial charge in [-0.25, -0.2) is 9.59 Å². The number of β-lactam (4-membered cyclic amide) rings is 1. The van der Waals surface area contributed by atoms with Gasteiger partial charge in [0.05, 0.1) is 0 Å². The molecule has 2 aliphatic heterocycles. The number of thioether (sulfide) groups is 1. The Labute approximate surface area is 222 Å². The van der Waals surface area contributed by atoms with Gasteiger partial charge in [-0.1, -0.05) is 30.3 Å². The summed E-state index contributed by atoms with van der Waals surface area (Å²) in [4.78, 5) is 51.4. The molecule has 2 aliphatic rings. The number of aliphatic carboxylic acids is 1. The lowest BCUT2D eigenvalue weighted by Gasteiger charge is -2.56. The average molecular weight is 536 g/mol. The summed E-state index contributed by atoms with van der Waals surface area (Å²) in [5.74, 6) is -1.29. The van der Waals surface area contributed by atoms with Crippen LogP contribution in [0, 0.1) is 0 Å². The topological polar surface area (TPSA) is 123 Å². The number of amides is 1. The Morgan fingerprint density at radius 3 is 2.63 bits per heavy atom. The van der Waals surface area contributed by atoms with Crippen molar-refractivity contribution in [3.05, 3.63) is 87.9 Å². The van der Waals surface area contributed by atoms with Crippen LogP contribution in [0.4, 0.5) is 0 Å². The number of benzene rings is 2. The molecule has 0 spiro atoms. The van der Waals surface area contributed by atoms with E-state index in [1.165, 1.54) is 22.7 Å². The number of fused-ring (bicyclic) bond motifs is 2. The molecule has 10 heteroatoms. The molecule has 1 aromatic heterocycles. The molecule has 2 atom stereocenters. The second-order valence-corrected chi connectivity index (χ2v) is 10.1. The van der Waals surface area contributed by atoms with E-state index in [2.05, 4.69) is 0 Å². The van der Waals surface area contributed by atoms with Crippen molar-refractivity contribution in [2.45, 2.75) is 30.7 Å². The number of carbonyl (C=O) groups is 3. The van der Waals surface area contributed by atoms with Gasteiger partial charge in [-0.3, -0.25) is 14.5 Å². The van der Waals surface area contributed by atoms with Crippen LogP contribution in [0.2, 0.25) is 0 Å². The summed E-state index contributed by atoms with van der Waals surface area (Å²) >= 11 is 1.35. The van der Waals surface area contributed by atoms with Crippen molar-refractivity contribution in [3.63, 3.8) is 0 Å². The third-order valence-electron chi connectivity index (χ3n) is 6.52. The molecule has 0 unspecified atom stereocenters. The first-order valence-electron chi connectivity index (χ1n) is 12.1. The minimum atomic E-state index is -1.41. The fraction of sp³-hybridized carbons (Fsp3) is 0.286. The summed E-state index contributed by atoms with van der Waals surface area (Å²) in [5.41, 5.74) is -0.451. The number of hydrogen-bond acceptors (Lipinski definition) is 8. The number of carboxylic acid groups (broad SMARTS) is 1. The molecule has 0 radical (unpaired) electrons. The molecule has 3 aromatic rings. The lowest BCUT2D eigenvalue weighted by atomic mass is 9.83. The molecular weight excluding hydrogens is 510 g/mol. The van der Waals surface area contributed by atoms with E-state index in [0.717, 1.165) is 10.9 Å². The second kappa shape index (κ2) is 10.5. The predicted octanol–water partition coefficient (Wildman–Crippen LogP) is 3.40. The smallest absolute Gasteiger partial charge is 0.352 e. The summed E-state index contributed by atoms with van der Waals surface area (Å²) in [5, 5.41) is 10.1. The maximum Gasteiger partial charge on any atom is 0.352 e. The Morgan fingerprint density at radius 2 is 1.89 bits per heavy atom. The zero-order valence-electron chi connectivity index (χ0n) is 20.5. The summed E-state index contributed by atoms with van der Waals surface area (Å²) in [6.45, 7) is 1.86. The van der Waals surface area contributed by atoms with Gasteiger partial charge in [0.25, 0.3) is 5.91 Å². The van der Waals surface area contributed by atoms with Crippen molar-refractivity contribution in [1.82, 2.24) is 4.90 Å². The SMILES string of the molecule is CCO[C@@]1(CC(=O)Cc2ccccc2)C(=O)N2C(C(=O)O)=C(COc3ccc4ccc(=O)oc4c3)CS[C@@H]21. The van der Waals surface area contributed by atoms with Crippen molar-refractivity contribution >= 4 is 40.4 Å². The lowest BCUT2D eigenvalue weighted by molar-refractivity contribution is -0.191. The van der Waals surface area contributed by atoms with Crippen molar-refractivity contribution in [2.75, 3.05) is 19.0 Å². The van der Waals surface area contributed by atoms with Crippen LogP contribution < -0.4 is 10.4 Å². The normalized spacial score (nSPS) is 20.7. The largest absolute Gasteiger partial charge is 0.489 e. The Bertz CT molecular complexity index is 1500. The minimum Gasteiger partial charge on any atom is -0.489 e. The van der Waals surface area contributed by atoms with Gasteiger partial charge in [-0.05, 0) is 30.7 Å². The number of carbonyl (C=O) groups excluding carboxylic acids is 2. The third-order valence-corrected chi connectivity index (χ3v) is 7.94. The van der Waals surface area contributed by atoms with Gasteiger partial charge >= 0.3 is 11.6 Å². The fourth-order valence-electron chi connectivity index (χ4n) is 4.85. The molecule has 0 bridgehead atoms. The van der Waals surface area contributed by atoms with Crippen molar-refractivity contribution < 1.29 is 33.4 Å². The highest BCUT2D eigenvalue weighted by atomic mass is 32.2. The molecule has 3 heterocycles. The Morgan fingerprint density at radius 1 is 1.13 bits per heavy atom. The fourth-order valence-corrected chi connectivity index (χ4v) is 6.30. The highest BCUT2D eigenvalue weighted by Crippen LogP contribution is 2.50.